The molecule has 0 aliphatic carbocycles. The summed E-state index contributed by atoms with van der Waals surface area (Å²) in [6.07, 6.45) is -0.384. The molecule has 6 heteroatoms. The average Bonchev–Trinajstić information content (AvgIpc) is 2.64. The van der Waals surface area contributed by atoms with E-state index in [1.54, 1.807) is 6.92 Å². The molecule has 0 radical (unpaired) electrons. The number of carbonyl (C=O) groups is 2. The normalized spacial score (nSPS) is 20.2. The number of cyclic esters (lactones) is 1. The first kappa shape index (κ1) is 13.9. The summed E-state index contributed by atoms with van der Waals surface area (Å²) < 4.78 is 19.9. The van der Waals surface area contributed by atoms with Crippen molar-refractivity contribution in [2.45, 2.75) is 19.4 Å². The van der Waals surface area contributed by atoms with Crippen LogP contribution < -0.4 is 0 Å². The van der Waals surface area contributed by atoms with Gasteiger partial charge in [0.2, 0.25) is 0 Å². The Kier molecular flexibility index (Phi) is 4.89. The van der Waals surface area contributed by atoms with Gasteiger partial charge in [0.15, 0.2) is 0 Å². The van der Waals surface area contributed by atoms with Gasteiger partial charge in [-0.25, -0.2) is 0 Å². The molecule has 1 rings (SSSR count). The molecule has 1 saturated heterocycles. The molecule has 0 N–H and O–H groups in total. The molecule has 6 nitrogen and oxygen atoms in total. The van der Waals surface area contributed by atoms with Crippen molar-refractivity contribution < 1.29 is 28.5 Å². The summed E-state index contributed by atoms with van der Waals surface area (Å²) >= 11 is 0. The maximum atomic E-state index is 12.0. The molecule has 1 unspecified atom stereocenters. The standard InChI is InChI=1S/C11H18O6/c1-11(6-14-2,7-15-3)10(13)17-8-4-9(12)16-5-8/h8H,4-7H2,1-3H3. The Morgan fingerprint density at radius 3 is 2.41 bits per heavy atom. The van der Waals surface area contributed by atoms with Crippen molar-refractivity contribution in [3.05, 3.63) is 0 Å². The van der Waals surface area contributed by atoms with Gasteiger partial charge in [0.25, 0.3) is 0 Å². The third-order valence-corrected chi connectivity index (χ3v) is 2.52. The van der Waals surface area contributed by atoms with Crippen LogP contribution in [0, 0.1) is 5.41 Å². The number of hydrogen-bond donors (Lipinski definition) is 0. The molecule has 1 aliphatic heterocycles. The predicted octanol–water partition coefficient (Wildman–Crippen LogP) is 0.144. The predicted molar refractivity (Wildman–Crippen MR) is 57.3 cm³/mol. The van der Waals surface area contributed by atoms with E-state index in [2.05, 4.69) is 0 Å². The van der Waals surface area contributed by atoms with Crippen LogP contribution >= 0.6 is 0 Å². The average molecular weight is 246 g/mol. The zero-order chi connectivity index (χ0) is 12.9. The molecule has 98 valence electrons. The molecule has 1 aliphatic rings. The van der Waals surface area contributed by atoms with Gasteiger partial charge >= 0.3 is 11.9 Å². The molecule has 17 heavy (non-hydrogen) atoms. The minimum Gasteiger partial charge on any atom is -0.462 e. The zero-order valence-corrected chi connectivity index (χ0v) is 10.4. The van der Waals surface area contributed by atoms with Crippen LogP contribution in [0.1, 0.15) is 13.3 Å². The first-order chi connectivity index (χ1) is 8.01. The van der Waals surface area contributed by atoms with Crippen molar-refractivity contribution in [2.75, 3.05) is 34.0 Å². The highest BCUT2D eigenvalue weighted by Gasteiger charge is 2.38. The zero-order valence-electron chi connectivity index (χ0n) is 10.4. The largest absolute Gasteiger partial charge is 0.462 e. The molecule has 0 spiro atoms. The van der Waals surface area contributed by atoms with Gasteiger partial charge in [-0.05, 0) is 6.92 Å². The van der Waals surface area contributed by atoms with Crippen molar-refractivity contribution >= 4 is 11.9 Å². The maximum Gasteiger partial charge on any atom is 0.316 e. The SMILES string of the molecule is COCC(C)(COC)C(=O)OC1COC(=O)C1. The number of carbonyl (C=O) groups excluding carboxylic acids is 2. The fourth-order valence-corrected chi connectivity index (χ4v) is 1.66. The highest BCUT2D eigenvalue weighted by Crippen LogP contribution is 2.22. The van der Waals surface area contributed by atoms with Crippen molar-refractivity contribution in [3.8, 4) is 0 Å². The number of hydrogen-bond acceptors (Lipinski definition) is 6. The lowest BCUT2D eigenvalue weighted by atomic mass is 9.93. The molecule has 1 heterocycles. The lowest BCUT2D eigenvalue weighted by Crippen LogP contribution is -2.40. The third kappa shape index (κ3) is 3.67. The highest BCUT2D eigenvalue weighted by atomic mass is 16.6. The van der Waals surface area contributed by atoms with Crippen LogP contribution in [0.5, 0.6) is 0 Å². The molecule has 0 aromatic carbocycles. The van der Waals surface area contributed by atoms with E-state index in [0.29, 0.717) is 0 Å². The van der Waals surface area contributed by atoms with E-state index < -0.39 is 17.5 Å². The van der Waals surface area contributed by atoms with Crippen LogP contribution in [0.3, 0.4) is 0 Å². The first-order valence-electron chi connectivity index (χ1n) is 5.36. The molecular formula is C11H18O6. The molecule has 0 aromatic heterocycles. The summed E-state index contributed by atoms with van der Waals surface area (Å²) in [5.74, 6) is -0.785. The van der Waals surface area contributed by atoms with Crippen LogP contribution in [0.4, 0.5) is 0 Å². The summed E-state index contributed by atoms with van der Waals surface area (Å²) in [7, 11) is 3.01. The van der Waals surface area contributed by atoms with Gasteiger partial charge in [0.1, 0.15) is 18.1 Å². The molecule has 1 atom stereocenters. The summed E-state index contributed by atoms with van der Waals surface area (Å²) in [4.78, 5) is 22.8. The van der Waals surface area contributed by atoms with E-state index in [0.717, 1.165) is 0 Å². The van der Waals surface area contributed by atoms with E-state index >= 15 is 0 Å². The van der Waals surface area contributed by atoms with E-state index in [1.165, 1.54) is 14.2 Å². The summed E-state index contributed by atoms with van der Waals surface area (Å²) in [6, 6.07) is 0. The van der Waals surface area contributed by atoms with Crippen LogP contribution in [-0.2, 0) is 28.5 Å². The van der Waals surface area contributed by atoms with Gasteiger partial charge in [0.05, 0.1) is 19.6 Å². The Balaban J connectivity index is 2.55. The monoisotopic (exact) mass is 246 g/mol. The van der Waals surface area contributed by atoms with Gasteiger partial charge < -0.3 is 18.9 Å². The quantitative estimate of drug-likeness (QED) is 0.621. The van der Waals surface area contributed by atoms with Crippen molar-refractivity contribution in [2.24, 2.45) is 5.41 Å². The van der Waals surface area contributed by atoms with Gasteiger partial charge in [-0.3, -0.25) is 9.59 Å². The second-order valence-corrected chi connectivity index (χ2v) is 4.34. The smallest absolute Gasteiger partial charge is 0.316 e. The molecule has 0 aromatic rings. The maximum absolute atomic E-state index is 12.0. The minimum atomic E-state index is -0.866. The lowest BCUT2D eigenvalue weighted by Gasteiger charge is -2.26. The van der Waals surface area contributed by atoms with E-state index in [4.69, 9.17) is 18.9 Å². The number of rotatable bonds is 6. The molecule has 0 saturated carbocycles. The lowest BCUT2D eigenvalue weighted by molar-refractivity contribution is -0.167. The molecule has 0 amide bonds. The highest BCUT2D eigenvalue weighted by molar-refractivity contribution is 5.78. The van der Waals surface area contributed by atoms with Gasteiger partial charge in [-0.1, -0.05) is 0 Å². The second kappa shape index (κ2) is 5.97. The van der Waals surface area contributed by atoms with Gasteiger partial charge in [-0.2, -0.15) is 0 Å². The Bertz CT molecular complexity index is 282. The van der Waals surface area contributed by atoms with Gasteiger partial charge in [-0.15, -0.1) is 0 Å². The first-order valence-corrected chi connectivity index (χ1v) is 5.36. The van der Waals surface area contributed by atoms with Crippen LogP contribution in [0.25, 0.3) is 0 Å². The number of methoxy groups -OCH3 is 2. The molecular weight excluding hydrogens is 228 g/mol. The van der Waals surface area contributed by atoms with Crippen molar-refractivity contribution in [1.29, 1.82) is 0 Å². The van der Waals surface area contributed by atoms with Crippen LogP contribution in [0.15, 0.2) is 0 Å². The van der Waals surface area contributed by atoms with E-state index in [1.807, 2.05) is 0 Å². The van der Waals surface area contributed by atoms with Crippen LogP contribution in [-0.4, -0.2) is 52.1 Å². The second-order valence-electron chi connectivity index (χ2n) is 4.34. The summed E-state index contributed by atoms with van der Waals surface area (Å²) in [5.41, 5.74) is -0.866. The molecule has 0 bridgehead atoms. The van der Waals surface area contributed by atoms with Crippen LogP contribution in [0.2, 0.25) is 0 Å². The fraction of sp³-hybridized carbons (Fsp3) is 0.818. The summed E-state index contributed by atoms with van der Waals surface area (Å²) in [6.45, 7) is 2.21. The van der Waals surface area contributed by atoms with Crippen molar-refractivity contribution in [1.82, 2.24) is 0 Å². The topological polar surface area (TPSA) is 71.1 Å². The molecule has 1 fully saturated rings. The van der Waals surface area contributed by atoms with E-state index in [9.17, 15) is 9.59 Å². The minimum absolute atomic E-state index is 0.113. The summed E-state index contributed by atoms with van der Waals surface area (Å²) in [5, 5.41) is 0. The Hall–Kier alpha value is -1.14. The van der Waals surface area contributed by atoms with E-state index in [-0.39, 0.29) is 32.2 Å². The fourth-order valence-electron chi connectivity index (χ4n) is 1.66. The Morgan fingerprint density at radius 1 is 1.41 bits per heavy atom. The van der Waals surface area contributed by atoms with Gasteiger partial charge in [0, 0.05) is 14.2 Å². The third-order valence-electron chi connectivity index (χ3n) is 2.52. The number of ether oxygens (including phenoxy) is 4. The Morgan fingerprint density at radius 2 is 2.00 bits per heavy atom. The Labute approximate surface area is 100 Å². The van der Waals surface area contributed by atoms with Crippen molar-refractivity contribution in [3.63, 3.8) is 0 Å². The number of esters is 2.